The van der Waals surface area contributed by atoms with Gasteiger partial charge in [0.15, 0.2) is 0 Å². The van der Waals surface area contributed by atoms with Crippen LogP contribution in [0, 0.1) is 11.3 Å². The van der Waals surface area contributed by atoms with Gasteiger partial charge in [-0.05, 0) is 23.6 Å². The van der Waals surface area contributed by atoms with Crippen molar-refractivity contribution in [3.05, 3.63) is 47.7 Å². The van der Waals surface area contributed by atoms with Crippen LogP contribution in [0.4, 0.5) is 5.69 Å². The van der Waals surface area contributed by atoms with E-state index in [4.69, 9.17) is 15.7 Å². The van der Waals surface area contributed by atoms with Gasteiger partial charge in [-0.2, -0.15) is 5.26 Å². The molecule has 0 aliphatic heterocycles. The summed E-state index contributed by atoms with van der Waals surface area (Å²) in [4.78, 5) is 4.08. The summed E-state index contributed by atoms with van der Waals surface area (Å²) in [6.07, 6.45) is 1.52. The van der Waals surface area contributed by atoms with Gasteiger partial charge in [0.05, 0.1) is 5.56 Å². The molecule has 0 bridgehead atoms. The fraction of sp³-hybridized carbons (Fsp3) is 0.200. The molecule has 2 aromatic rings. The Bertz CT molecular complexity index is 630. The van der Waals surface area contributed by atoms with Crippen LogP contribution in [-0.2, 0) is 0 Å². The molecule has 0 amide bonds. The number of benzene rings is 1. The molecule has 2 N–H and O–H groups in total. The number of pyridine rings is 1. The Balaban J connectivity index is 2.40. The lowest BCUT2D eigenvalue weighted by atomic mass is 10.0. The molecule has 2 rings (SSSR count). The molecule has 0 atom stereocenters. The normalized spacial score (nSPS) is 10.2. The Labute approximate surface area is 112 Å². The number of anilines is 1. The number of ether oxygens (including phenoxy) is 1. The highest BCUT2D eigenvalue weighted by molar-refractivity contribution is 5.61. The molecule has 0 saturated heterocycles. The van der Waals surface area contributed by atoms with Crippen LogP contribution in [0.15, 0.2) is 36.5 Å². The second kappa shape index (κ2) is 5.40. The summed E-state index contributed by atoms with van der Waals surface area (Å²) in [5.41, 5.74) is 7.57. The molecule has 0 aliphatic rings. The van der Waals surface area contributed by atoms with Gasteiger partial charge < -0.3 is 10.5 Å². The number of hydrogen-bond donors (Lipinski definition) is 1. The van der Waals surface area contributed by atoms with Gasteiger partial charge in [0, 0.05) is 6.20 Å². The van der Waals surface area contributed by atoms with Gasteiger partial charge in [-0.25, -0.2) is 4.98 Å². The lowest BCUT2D eigenvalue weighted by molar-refractivity contribution is 0.457. The quantitative estimate of drug-likeness (QED) is 0.909. The summed E-state index contributed by atoms with van der Waals surface area (Å²) in [6.45, 7) is 4.18. The topological polar surface area (TPSA) is 71.9 Å². The number of rotatable bonds is 3. The molecule has 1 aromatic heterocycles. The van der Waals surface area contributed by atoms with Gasteiger partial charge in [-0.15, -0.1) is 0 Å². The number of nitriles is 1. The van der Waals surface area contributed by atoms with E-state index in [0.717, 1.165) is 5.56 Å². The first-order chi connectivity index (χ1) is 9.13. The average Bonchev–Trinajstić information content (AvgIpc) is 2.41. The maximum atomic E-state index is 8.94. The van der Waals surface area contributed by atoms with Crippen LogP contribution in [0.5, 0.6) is 11.6 Å². The van der Waals surface area contributed by atoms with Crippen LogP contribution in [0.3, 0.4) is 0 Å². The third kappa shape index (κ3) is 2.66. The lowest BCUT2D eigenvalue weighted by Crippen LogP contribution is -2.00. The van der Waals surface area contributed by atoms with Gasteiger partial charge >= 0.3 is 0 Å². The highest BCUT2D eigenvalue weighted by Gasteiger charge is 2.12. The largest absolute Gasteiger partial charge is 0.437 e. The number of nitrogen functional groups attached to an aromatic ring is 1. The Morgan fingerprint density at radius 2 is 2.00 bits per heavy atom. The summed E-state index contributed by atoms with van der Waals surface area (Å²) in [5, 5.41) is 8.94. The monoisotopic (exact) mass is 253 g/mol. The van der Waals surface area contributed by atoms with Crippen molar-refractivity contribution in [1.29, 1.82) is 5.26 Å². The fourth-order valence-corrected chi connectivity index (χ4v) is 1.79. The van der Waals surface area contributed by atoms with E-state index < -0.39 is 0 Å². The van der Waals surface area contributed by atoms with Crippen molar-refractivity contribution in [3.63, 3.8) is 0 Å². The highest BCUT2D eigenvalue weighted by Crippen LogP contribution is 2.32. The number of nitrogens with two attached hydrogens (primary N) is 1. The van der Waals surface area contributed by atoms with Crippen LogP contribution in [0.1, 0.15) is 30.9 Å². The van der Waals surface area contributed by atoms with Crippen LogP contribution >= 0.6 is 0 Å². The number of hydrogen-bond acceptors (Lipinski definition) is 4. The molecule has 0 saturated carbocycles. The lowest BCUT2D eigenvalue weighted by Gasteiger charge is -2.14. The molecular weight excluding hydrogens is 238 g/mol. The summed E-state index contributed by atoms with van der Waals surface area (Å²) in [5.74, 6) is 1.32. The van der Waals surface area contributed by atoms with Crippen molar-refractivity contribution in [2.24, 2.45) is 0 Å². The third-order valence-electron chi connectivity index (χ3n) is 2.82. The minimum atomic E-state index is 0.267. The van der Waals surface area contributed by atoms with E-state index >= 15 is 0 Å². The third-order valence-corrected chi connectivity index (χ3v) is 2.82. The van der Waals surface area contributed by atoms with E-state index in [1.807, 2.05) is 30.3 Å². The summed E-state index contributed by atoms with van der Waals surface area (Å²) < 4.78 is 5.76. The molecule has 4 nitrogen and oxygen atoms in total. The van der Waals surface area contributed by atoms with Crippen LogP contribution in [0.25, 0.3) is 0 Å². The molecular formula is C15H15N3O. The molecule has 0 radical (unpaired) electrons. The first-order valence-corrected chi connectivity index (χ1v) is 6.05. The molecule has 19 heavy (non-hydrogen) atoms. The molecule has 1 heterocycles. The number of nitrogens with zero attached hydrogens (tertiary/aromatic N) is 2. The first kappa shape index (κ1) is 12.9. The first-order valence-electron chi connectivity index (χ1n) is 6.05. The maximum absolute atomic E-state index is 8.94. The Hall–Kier alpha value is -2.54. The van der Waals surface area contributed by atoms with Crippen LogP contribution < -0.4 is 10.5 Å². The van der Waals surface area contributed by atoms with Crippen LogP contribution in [0.2, 0.25) is 0 Å². The van der Waals surface area contributed by atoms with E-state index in [9.17, 15) is 0 Å². The summed E-state index contributed by atoms with van der Waals surface area (Å²) >= 11 is 0. The zero-order valence-corrected chi connectivity index (χ0v) is 10.9. The molecule has 96 valence electrons. The van der Waals surface area contributed by atoms with Gasteiger partial charge in [0.25, 0.3) is 0 Å². The van der Waals surface area contributed by atoms with E-state index in [1.165, 1.54) is 6.20 Å². The second-order valence-corrected chi connectivity index (χ2v) is 4.48. The van der Waals surface area contributed by atoms with E-state index in [2.05, 4.69) is 18.8 Å². The van der Waals surface area contributed by atoms with E-state index in [-0.39, 0.29) is 11.6 Å². The Morgan fingerprint density at radius 1 is 1.26 bits per heavy atom. The summed E-state index contributed by atoms with van der Waals surface area (Å²) in [6, 6.07) is 11.3. The zero-order chi connectivity index (χ0) is 13.8. The van der Waals surface area contributed by atoms with Gasteiger partial charge in [0.1, 0.15) is 17.5 Å². The number of para-hydroxylation sites is 1. The molecule has 1 aromatic carbocycles. The minimum absolute atomic E-state index is 0.267. The van der Waals surface area contributed by atoms with Crippen molar-refractivity contribution in [2.75, 3.05) is 5.73 Å². The molecule has 0 fully saturated rings. The van der Waals surface area contributed by atoms with E-state index in [0.29, 0.717) is 17.2 Å². The zero-order valence-electron chi connectivity index (χ0n) is 10.9. The predicted molar refractivity (Wildman–Crippen MR) is 74.0 cm³/mol. The Kier molecular flexibility index (Phi) is 3.67. The van der Waals surface area contributed by atoms with Crippen molar-refractivity contribution in [2.45, 2.75) is 19.8 Å². The van der Waals surface area contributed by atoms with Gasteiger partial charge in [0.2, 0.25) is 5.88 Å². The maximum Gasteiger partial charge on any atom is 0.244 e. The Morgan fingerprint density at radius 3 is 2.68 bits per heavy atom. The average molecular weight is 253 g/mol. The minimum Gasteiger partial charge on any atom is -0.437 e. The molecule has 0 aliphatic carbocycles. The number of aromatic nitrogens is 1. The molecule has 0 unspecified atom stereocenters. The standard InChI is InChI=1S/C15H15N3O/c1-10(2)12-5-3-4-6-13(12)19-15-14(17)11(9-16)7-8-18-15/h3-8,10H,17H2,1-2H3. The second-order valence-electron chi connectivity index (χ2n) is 4.48. The SMILES string of the molecule is CC(C)c1ccccc1Oc1nccc(C#N)c1N. The fourth-order valence-electron chi connectivity index (χ4n) is 1.79. The molecule has 0 spiro atoms. The molecule has 4 heteroatoms. The van der Waals surface area contributed by atoms with Crippen LogP contribution in [-0.4, -0.2) is 4.98 Å². The van der Waals surface area contributed by atoms with Crippen molar-refractivity contribution in [3.8, 4) is 17.7 Å². The summed E-state index contributed by atoms with van der Waals surface area (Å²) in [7, 11) is 0. The highest BCUT2D eigenvalue weighted by atomic mass is 16.5. The smallest absolute Gasteiger partial charge is 0.244 e. The van der Waals surface area contributed by atoms with Gasteiger partial charge in [-0.3, -0.25) is 0 Å². The van der Waals surface area contributed by atoms with E-state index in [1.54, 1.807) is 6.07 Å². The van der Waals surface area contributed by atoms with Crippen molar-refractivity contribution >= 4 is 5.69 Å². The van der Waals surface area contributed by atoms with Crippen molar-refractivity contribution in [1.82, 2.24) is 4.98 Å². The van der Waals surface area contributed by atoms with Crippen molar-refractivity contribution < 1.29 is 4.74 Å². The van der Waals surface area contributed by atoms with Gasteiger partial charge in [-0.1, -0.05) is 32.0 Å². The predicted octanol–water partition coefficient (Wildman–Crippen LogP) is 3.45.